The average molecular weight is 439 g/mol. The third kappa shape index (κ3) is 4.22. The van der Waals surface area contributed by atoms with Crippen LogP contribution in [0.3, 0.4) is 0 Å². The van der Waals surface area contributed by atoms with Gasteiger partial charge < -0.3 is 5.32 Å². The van der Waals surface area contributed by atoms with Crippen LogP contribution in [0, 0.1) is 31.1 Å². The lowest BCUT2D eigenvalue weighted by Gasteiger charge is -2.12. The van der Waals surface area contributed by atoms with Crippen LogP contribution in [-0.4, -0.2) is 29.5 Å². The van der Waals surface area contributed by atoms with Gasteiger partial charge in [0.2, 0.25) is 0 Å². The first-order valence-electron chi connectivity index (χ1n) is 11.3. The molecule has 4 aromatic rings. The molecule has 8 nitrogen and oxygen atoms in total. The van der Waals surface area contributed by atoms with E-state index in [1.165, 1.54) is 12.8 Å². The summed E-state index contributed by atoms with van der Waals surface area (Å²) in [6.07, 6.45) is 4.85. The predicted octanol–water partition coefficient (Wildman–Crippen LogP) is 4.73. The summed E-state index contributed by atoms with van der Waals surface area (Å²) in [5.41, 5.74) is 5.70. The second-order valence-corrected chi connectivity index (χ2v) is 8.57. The molecule has 5 rings (SSSR count). The Hall–Kier alpha value is -3.99. The molecule has 0 bridgehead atoms. The van der Waals surface area contributed by atoms with Gasteiger partial charge in [-0.3, -0.25) is 0 Å². The van der Waals surface area contributed by atoms with Crippen molar-refractivity contribution in [3.63, 3.8) is 0 Å². The van der Waals surface area contributed by atoms with Crippen LogP contribution in [0.25, 0.3) is 17.1 Å². The van der Waals surface area contributed by atoms with Gasteiger partial charge in [-0.2, -0.15) is 15.5 Å². The first-order valence-corrected chi connectivity index (χ1v) is 11.3. The first kappa shape index (κ1) is 20.9. The van der Waals surface area contributed by atoms with Crippen LogP contribution in [0.15, 0.2) is 42.7 Å². The minimum atomic E-state index is 0.644. The van der Waals surface area contributed by atoms with E-state index in [0.717, 1.165) is 52.8 Å². The molecule has 33 heavy (non-hydrogen) atoms. The highest BCUT2D eigenvalue weighted by molar-refractivity contribution is 5.72. The van der Waals surface area contributed by atoms with Gasteiger partial charge in [-0.15, -0.1) is 0 Å². The molecule has 1 aliphatic rings. The maximum Gasteiger partial charge on any atom is 0.159 e. The summed E-state index contributed by atoms with van der Waals surface area (Å²) < 4.78 is 3.90. The molecule has 0 atom stereocenters. The molecule has 8 heteroatoms. The van der Waals surface area contributed by atoms with Crippen molar-refractivity contribution in [1.29, 1.82) is 5.26 Å². The summed E-state index contributed by atoms with van der Waals surface area (Å²) in [5.74, 6) is 3.05. The van der Waals surface area contributed by atoms with Crippen LogP contribution < -0.4 is 5.32 Å². The number of anilines is 2. The predicted molar refractivity (Wildman–Crippen MR) is 126 cm³/mol. The van der Waals surface area contributed by atoms with Gasteiger partial charge in [-0.05, 0) is 57.2 Å². The third-order valence-electron chi connectivity index (χ3n) is 5.95. The lowest BCUT2D eigenvalue weighted by atomic mass is 10.0. The number of hydrogen-bond donors (Lipinski definition) is 1. The Morgan fingerprint density at radius 3 is 2.52 bits per heavy atom. The number of nitrogens with one attached hydrogen (secondary N) is 1. The second-order valence-electron chi connectivity index (χ2n) is 8.57. The molecule has 1 N–H and O–H groups in total. The molecule has 0 aliphatic heterocycles. The molecule has 1 fully saturated rings. The lowest BCUT2D eigenvalue weighted by Crippen LogP contribution is -2.09. The monoisotopic (exact) mass is 438 g/mol. The summed E-state index contributed by atoms with van der Waals surface area (Å²) in [6.45, 7) is 7.00. The van der Waals surface area contributed by atoms with E-state index in [4.69, 9.17) is 10.4 Å². The summed E-state index contributed by atoms with van der Waals surface area (Å²) >= 11 is 0. The smallest absolute Gasteiger partial charge is 0.159 e. The Morgan fingerprint density at radius 1 is 1.09 bits per heavy atom. The summed E-state index contributed by atoms with van der Waals surface area (Å²) in [5, 5.41) is 22.2. The molecule has 0 spiro atoms. The number of nitriles is 1. The number of aryl methyl sites for hydroxylation is 2. The number of rotatable bonds is 7. The van der Waals surface area contributed by atoms with E-state index in [1.54, 1.807) is 6.33 Å². The maximum atomic E-state index is 9.14. The minimum Gasteiger partial charge on any atom is -0.325 e. The van der Waals surface area contributed by atoms with Crippen molar-refractivity contribution in [3.8, 4) is 23.1 Å². The molecule has 1 saturated carbocycles. The first-order chi connectivity index (χ1) is 16.1. The van der Waals surface area contributed by atoms with Gasteiger partial charge in [0.15, 0.2) is 5.82 Å². The van der Waals surface area contributed by atoms with E-state index < -0.39 is 0 Å². The molecule has 1 aliphatic carbocycles. The van der Waals surface area contributed by atoms with Gasteiger partial charge in [-0.25, -0.2) is 19.3 Å². The largest absolute Gasteiger partial charge is 0.325 e. The van der Waals surface area contributed by atoms with Crippen LogP contribution in [0.5, 0.6) is 0 Å². The number of benzene rings is 1. The summed E-state index contributed by atoms with van der Waals surface area (Å²) in [4.78, 5) is 8.89. The highest BCUT2D eigenvalue weighted by Gasteiger charge is 2.26. The zero-order valence-electron chi connectivity index (χ0n) is 19.1. The van der Waals surface area contributed by atoms with Gasteiger partial charge >= 0.3 is 0 Å². The van der Waals surface area contributed by atoms with Crippen molar-refractivity contribution in [2.45, 2.75) is 46.6 Å². The lowest BCUT2D eigenvalue weighted by molar-refractivity contribution is 0.571. The molecule has 3 heterocycles. The van der Waals surface area contributed by atoms with Crippen LogP contribution in [0.4, 0.5) is 11.6 Å². The van der Waals surface area contributed by atoms with E-state index in [9.17, 15) is 0 Å². The molecular weight excluding hydrogens is 412 g/mol. The fraction of sp³-hybridized carbons (Fsp3) is 0.320. The fourth-order valence-electron chi connectivity index (χ4n) is 4.10. The van der Waals surface area contributed by atoms with E-state index in [1.807, 2.05) is 54.9 Å². The SMILES string of the molecule is CCc1c(-c2ccc(C#N)cc2)nn(CC2CC2)c1Nc1cc(-n2nc(C)cc2C)ncn1. The van der Waals surface area contributed by atoms with Crippen LogP contribution >= 0.6 is 0 Å². The van der Waals surface area contributed by atoms with Gasteiger partial charge in [0.25, 0.3) is 0 Å². The van der Waals surface area contributed by atoms with Gasteiger partial charge in [0.1, 0.15) is 18.0 Å². The number of hydrogen-bond acceptors (Lipinski definition) is 6. The van der Waals surface area contributed by atoms with Gasteiger partial charge in [-0.1, -0.05) is 19.1 Å². The van der Waals surface area contributed by atoms with Gasteiger partial charge in [0.05, 0.1) is 23.0 Å². The van der Waals surface area contributed by atoms with E-state index >= 15 is 0 Å². The average Bonchev–Trinajstić information content (AvgIpc) is 3.49. The van der Waals surface area contributed by atoms with Crippen molar-refractivity contribution in [2.24, 2.45) is 5.92 Å². The topological polar surface area (TPSA) is 97.2 Å². The fourth-order valence-corrected chi connectivity index (χ4v) is 4.10. The zero-order chi connectivity index (χ0) is 22.9. The van der Waals surface area contributed by atoms with E-state index in [-0.39, 0.29) is 0 Å². The van der Waals surface area contributed by atoms with Crippen molar-refractivity contribution in [2.75, 3.05) is 5.32 Å². The standard InChI is InChI=1S/C25H26N8/c1-4-21-24(20-9-7-18(13-26)8-10-20)31-32(14-19-5-6-19)25(21)29-22-12-23(28-15-27-22)33-17(3)11-16(2)30-33/h7-12,15,19H,4-6,14H2,1-3H3,(H,27,28,29). The number of nitrogens with zero attached hydrogens (tertiary/aromatic N) is 7. The Balaban J connectivity index is 1.54. The molecule has 0 saturated heterocycles. The van der Waals surface area contributed by atoms with Crippen molar-refractivity contribution >= 4 is 11.6 Å². The van der Waals surface area contributed by atoms with Crippen molar-refractivity contribution < 1.29 is 0 Å². The Labute approximate surface area is 192 Å². The van der Waals surface area contributed by atoms with Crippen molar-refractivity contribution in [3.05, 3.63) is 65.2 Å². The van der Waals surface area contributed by atoms with E-state index in [2.05, 4.69) is 38.1 Å². The van der Waals surface area contributed by atoms with Gasteiger partial charge in [0, 0.05) is 29.4 Å². The normalized spacial score (nSPS) is 13.2. The molecule has 166 valence electrons. The molecule has 3 aromatic heterocycles. The summed E-state index contributed by atoms with van der Waals surface area (Å²) in [6, 6.07) is 13.7. The quantitative estimate of drug-likeness (QED) is 0.448. The second kappa shape index (κ2) is 8.51. The third-order valence-corrected chi connectivity index (χ3v) is 5.95. The molecular formula is C25H26N8. The van der Waals surface area contributed by atoms with Crippen LogP contribution in [-0.2, 0) is 13.0 Å². The molecule has 0 unspecified atom stereocenters. The zero-order valence-corrected chi connectivity index (χ0v) is 19.1. The Morgan fingerprint density at radius 2 is 1.88 bits per heavy atom. The Bertz CT molecular complexity index is 1340. The molecule has 1 aromatic carbocycles. The maximum absolute atomic E-state index is 9.14. The Kier molecular flexibility index (Phi) is 5.38. The minimum absolute atomic E-state index is 0.644. The van der Waals surface area contributed by atoms with Crippen LogP contribution in [0.1, 0.15) is 42.3 Å². The molecule has 0 amide bonds. The van der Waals surface area contributed by atoms with E-state index in [0.29, 0.717) is 17.3 Å². The van der Waals surface area contributed by atoms with Crippen LogP contribution in [0.2, 0.25) is 0 Å². The molecule has 0 radical (unpaired) electrons. The highest BCUT2D eigenvalue weighted by atomic mass is 15.4. The number of aromatic nitrogens is 6. The summed E-state index contributed by atoms with van der Waals surface area (Å²) in [7, 11) is 0. The van der Waals surface area contributed by atoms with Crippen molar-refractivity contribution in [1.82, 2.24) is 29.5 Å². The highest BCUT2D eigenvalue weighted by Crippen LogP contribution is 2.36.